The molecule has 3 heterocycles. The third-order valence-corrected chi connectivity index (χ3v) is 4.55. The molecule has 4 rings (SSSR count). The third-order valence-electron chi connectivity index (χ3n) is 4.55. The van der Waals surface area contributed by atoms with Gasteiger partial charge in [-0.2, -0.15) is 0 Å². The molecule has 114 valence electrons. The number of ether oxygens (including phenoxy) is 1. The Hall–Kier alpha value is -2.13. The van der Waals surface area contributed by atoms with Crippen molar-refractivity contribution in [2.75, 3.05) is 5.32 Å². The van der Waals surface area contributed by atoms with Gasteiger partial charge in [0, 0.05) is 6.04 Å². The lowest BCUT2D eigenvalue weighted by molar-refractivity contribution is 0.0300. The molecule has 22 heavy (non-hydrogen) atoms. The van der Waals surface area contributed by atoms with E-state index in [-0.39, 0.29) is 12.3 Å². The number of terminal acetylenes is 1. The third kappa shape index (κ3) is 2.32. The molecule has 2 aliphatic rings. The summed E-state index contributed by atoms with van der Waals surface area (Å²) < 4.78 is 7.81. The van der Waals surface area contributed by atoms with Crippen LogP contribution in [0.3, 0.4) is 0 Å². The molecule has 2 fully saturated rings. The molecule has 0 amide bonds. The lowest BCUT2D eigenvalue weighted by atomic mass is 10.2. The van der Waals surface area contributed by atoms with Crippen LogP contribution in [-0.2, 0) is 4.74 Å². The molecule has 1 aliphatic heterocycles. The monoisotopic (exact) mass is 297 g/mol. The first-order chi connectivity index (χ1) is 10.8. The van der Waals surface area contributed by atoms with Gasteiger partial charge >= 0.3 is 0 Å². The van der Waals surface area contributed by atoms with E-state index in [9.17, 15) is 0 Å². The van der Waals surface area contributed by atoms with Crippen molar-refractivity contribution in [2.45, 2.75) is 56.9 Å². The number of nitrogens with zero attached hydrogens (tertiary/aromatic N) is 4. The number of fused-ring (bicyclic) bond motifs is 1. The summed E-state index contributed by atoms with van der Waals surface area (Å²) in [5.74, 6) is 3.48. The molecule has 2 atom stereocenters. The fraction of sp³-hybridized carbons (Fsp3) is 0.562. The summed E-state index contributed by atoms with van der Waals surface area (Å²) in [7, 11) is 0. The van der Waals surface area contributed by atoms with Crippen LogP contribution in [0.2, 0.25) is 0 Å². The second-order valence-electron chi connectivity index (χ2n) is 6.00. The fourth-order valence-corrected chi connectivity index (χ4v) is 3.38. The van der Waals surface area contributed by atoms with Crippen LogP contribution < -0.4 is 5.32 Å². The number of nitrogens with one attached hydrogen (secondary N) is 1. The van der Waals surface area contributed by atoms with Crippen LogP contribution in [0.15, 0.2) is 12.7 Å². The maximum Gasteiger partial charge on any atom is 0.167 e. The molecule has 0 aromatic carbocycles. The van der Waals surface area contributed by atoms with E-state index >= 15 is 0 Å². The average Bonchev–Trinajstić information content (AvgIpc) is 3.27. The zero-order valence-electron chi connectivity index (χ0n) is 12.4. The summed E-state index contributed by atoms with van der Waals surface area (Å²) in [6.07, 6.45) is 15.3. The highest BCUT2D eigenvalue weighted by Crippen LogP contribution is 2.31. The second-order valence-corrected chi connectivity index (χ2v) is 6.00. The van der Waals surface area contributed by atoms with Crippen molar-refractivity contribution >= 4 is 17.0 Å². The first-order valence-electron chi connectivity index (χ1n) is 7.91. The Morgan fingerprint density at radius 1 is 1.18 bits per heavy atom. The molecule has 1 N–H and O–H groups in total. The molecule has 2 aromatic rings. The van der Waals surface area contributed by atoms with Gasteiger partial charge in [-0.05, 0) is 25.7 Å². The fourth-order valence-electron chi connectivity index (χ4n) is 3.38. The maximum absolute atomic E-state index is 5.84. The number of aromatic nitrogens is 4. The lowest BCUT2D eigenvalue weighted by Crippen LogP contribution is -2.16. The Bertz CT molecular complexity index is 713. The zero-order chi connectivity index (χ0) is 14.9. The van der Waals surface area contributed by atoms with Gasteiger partial charge < -0.3 is 10.1 Å². The van der Waals surface area contributed by atoms with Gasteiger partial charge in [-0.15, -0.1) is 6.42 Å². The summed E-state index contributed by atoms with van der Waals surface area (Å²) in [6, 6.07) is 0.497. The smallest absolute Gasteiger partial charge is 0.167 e. The first-order valence-corrected chi connectivity index (χ1v) is 7.91. The van der Waals surface area contributed by atoms with Gasteiger partial charge in [0.1, 0.15) is 18.7 Å². The molecule has 1 saturated carbocycles. The predicted octanol–water partition coefficient (Wildman–Crippen LogP) is 2.49. The molecule has 6 heteroatoms. The highest BCUT2D eigenvalue weighted by Gasteiger charge is 2.27. The Morgan fingerprint density at radius 2 is 2.05 bits per heavy atom. The van der Waals surface area contributed by atoms with Gasteiger partial charge in [0.2, 0.25) is 0 Å². The Kier molecular flexibility index (Phi) is 3.43. The molecule has 0 spiro atoms. The summed E-state index contributed by atoms with van der Waals surface area (Å²) in [5, 5.41) is 3.51. The topological polar surface area (TPSA) is 64.9 Å². The highest BCUT2D eigenvalue weighted by molar-refractivity contribution is 5.82. The van der Waals surface area contributed by atoms with E-state index in [1.807, 2.05) is 4.57 Å². The number of hydrogen-bond acceptors (Lipinski definition) is 5. The maximum atomic E-state index is 5.84. The van der Waals surface area contributed by atoms with E-state index < -0.39 is 0 Å². The minimum atomic E-state index is -0.111. The first kappa shape index (κ1) is 13.5. The minimum Gasteiger partial charge on any atom is -0.365 e. The molecule has 1 aliphatic carbocycles. The zero-order valence-corrected chi connectivity index (χ0v) is 12.4. The normalized spacial score (nSPS) is 25.6. The van der Waals surface area contributed by atoms with Crippen molar-refractivity contribution in [2.24, 2.45) is 0 Å². The van der Waals surface area contributed by atoms with Crippen LogP contribution in [0.5, 0.6) is 0 Å². The van der Waals surface area contributed by atoms with Gasteiger partial charge in [-0.3, -0.25) is 4.57 Å². The quantitative estimate of drug-likeness (QED) is 0.882. The number of imidazole rings is 1. The van der Waals surface area contributed by atoms with E-state index in [1.165, 1.54) is 25.7 Å². The molecule has 0 unspecified atom stereocenters. The SMILES string of the molecule is C#C[C@H]1CC[C@H](n2cnc3c(NC4CCCC4)ncnc32)O1. The van der Waals surface area contributed by atoms with Crippen molar-refractivity contribution in [1.29, 1.82) is 0 Å². The Morgan fingerprint density at radius 3 is 2.82 bits per heavy atom. The van der Waals surface area contributed by atoms with Gasteiger partial charge in [-0.1, -0.05) is 18.8 Å². The van der Waals surface area contributed by atoms with Crippen LogP contribution in [0.1, 0.15) is 44.8 Å². The summed E-state index contributed by atoms with van der Waals surface area (Å²) in [6.45, 7) is 0. The molecule has 1 saturated heterocycles. The summed E-state index contributed by atoms with van der Waals surface area (Å²) in [5.41, 5.74) is 1.61. The van der Waals surface area contributed by atoms with Gasteiger partial charge in [0.25, 0.3) is 0 Å². The molecule has 0 bridgehead atoms. The van der Waals surface area contributed by atoms with Crippen molar-refractivity contribution in [1.82, 2.24) is 19.5 Å². The van der Waals surface area contributed by atoms with E-state index in [2.05, 4.69) is 26.2 Å². The van der Waals surface area contributed by atoms with E-state index in [0.29, 0.717) is 6.04 Å². The molecule has 6 nitrogen and oxygen atoms in total. The van der Waals surface area contributed by atoms with Crippen molar-refractivity contribution in [3.05, 3.63) is 12.7 Å². The average molecular weight is 297 g/mol. The lowest BCUT2D eigenvalue weighted by Gasteiger charge is -2.14. The van der Waals surface area contributed by atoms with Crippen LogP contribution in [-0.4, -0.2) is 31.7 Å². The Balaban J connectivity index is 1.63. The van der Waals surface area contributed by atoms with E-state index in [4.69, 9.17) is 11.2 Å². The Labute approximate surface area is 129 Å². The molecule has 2 aromatic heterocycles. The predicted molar refractivity (Wildman–Crippen MR) is 83.2 cm³/mol. The largest absolute Gasteiger partial charge is 0.365 e. The van der Waals surface area contributed by atoms with Crippen molar-refractivity contribution < 1.29 is 4.74 Å². The van der Waals surface area contributed by atoms with Gasteiger partial charge in [0.15, 0.2) is 17.0 Å². The van der Waals surface area contributed by atoms with Crippen LogP contribution in [0, 0.1) is 12.3 Å². The van der Waals surface area contributed by atoms with Gasteiger partial charge in [-0.25, -0.2) is 15.0 Å². The molecular formula is C16H19N5O. The number of rotatable bonds is 3. The van der Waals surface area contributed by atoms with Crippen molar-refractivity contribution in [3.63, 3.8) is 0 Å². The highest BCUT2D eigenvalue weighted by atomic mass is 16.5. The molecule has 0 radical (unpaired) electrons. The van der Waals surface area contributed by atoms with E-state index in [1.54, 1.807) is 12.7 Å². The van der Waals surface area contributed by atoms with Gasteiger partial charge in [0.05, 0.1) is 6.33 Å². The minimum absolute atomic E-state index is 0.0831. The summed E-state index contributed by atoms with van der Waals surface area (Å²) >= 11 is 0. The second kappa shape index (κ2) is 5.58. The summed E-state index contributed by atoms with van der Waals surface area (Å²) in [4.78, 5) is 13.3. The standard InChI is InChI=1S/C16H19N5O/c1-2-12-7-8-13(22-12)21-10-19-14-15(17-9-18-16(14)21)20-11-5-3-4-6-11/h1,9-13H,3-8H2,(H,17,18,20)/t12-,13+/m0/s1. The van der Waals surface area contributed by atoms with Crippen molar-refractivity contribution in [3.8, 4) is 12.3 Å². The van der Waals surface area contributed by atoms with Crippen LogP contribution in [0.25, 0.3) is 11.2 Å². The number of anilines is 1. The number of hydrogen-bond donors (Lipinski definition) is 1. The molecular weight excluding hydrogens is 278 g/mol. The van der Waals surface area contributed by atoms with Crippen LogP contribution >= 0.6 is 0 Å². The van der Waals surface area contributed by atoms with Crippen LogP contribution in [0.4, 0.5) is 5.82 Å². The van der Waals surface area contributed by atoms with E-state index in [0.717, 1.165) is 29.8 Å².